The van der Waals surface area contributed by atoms with Crippen molar-refractivity contribution in [3.8, 4) is 0 Å². The summed E-state index contributed by atoms with van der Waals surface area (Å²) in [7, 11) is 0. The van der Waals surface area contributed by atoms with E-state index in [0.29, 0.717) is 0 Å². The second kappa shape index (κ2) is 7.62. The van der Waals surface area contributed by atoms with E-state index >= 15 is 0 Å². The Morgan fingerprint density at radius 2 is 1.60 bits per heavy atom. The van der Waals surface area contributed by atoms with E-state index in [2.05, 4.69) is 28.0 Å². The highest BCUT2D eigenvalue weighted by molar-refractivity contribution is 5.99. The Hall–Kier alpha value is -3.14. The zero-order valence-electron chi connectivity index (χ0n) is 14.4. The quantitative estimate of drug-likeness (QED) is 0.544. The largest absolute Gasteiger partial charge is 0.374 e. The Labute approximate surface area is 147 Å². The molecule has 0 aromatic heterocycles. The molecule has 2 N–H and O–H groups in total. The first-order valence-electron chi connectivity index (χ1n) is 8.28. The molecule has 0 fully saturated rings. The number of fused-ring (bicyclic) bond motifs is 1. The summed E-state index contributed by atoms with van der Waals surface area (Å²) in [6.07, 6.45) is 0. The maximum Gasteiger partial charge on any atom is 0.262 e. The fourth-order valence-corrected chi connectivity index (χ4v) is 2.57. The number of anilines is 1. The van der Waals surface area contributed by atoms with Crippen molar-refractivity contribution < 1.29 is 4.79 Å². The molecular weight excluding hydrogens is 310 g/mol. The molecule has 126 valence electrons. The van der Waals surface area contributed by atoms with Crippen molar-refractivity contribution in [2.75, 3.05) is 5.32 Å². The number of nitrogens with zero attached hydrogens (tertiary/aromatic N) is 1. The molecule has 0 saturated heterocycles. The number of rotatable bonds is 5. The Morgan fingerprint density at radius 3 is 2.36 bits per heavy atom. The number of benzene rings is 3. The first kappa shape index (κ1) is 16.7. The highest BCUT2D eigenvalue weighted by Gasteiger charge is 2.12. The van der Waals surface area contributed by atoms with Crippen LogP contribution < -0.4 is 10.7 Å². The Bertz CT molecular complexity index is 903. The van der Waals surface area contributed by atoms with E-state index in [1.807, 2.05) is 74.5 Å². The summed E-state index contributed by atoms with van der Waals surface area (Å²) in [5, 5.41) is 9.71. The highest BCUT2D eigenvalue weighted by atomic mass is 16.2. The van der Waals surface area contributed by atoms with Crippen LogP contribution in [0.2, 0.25) is 0 Å². The molecule has 0 aliphatic carbocycles. The van der Waals surface area contributed by atoms with Gasteiger partial charge in [-0.05, 0) is 42.3 Å². The van der Waals surface area contributed by atoms with Crippen LogP contribution in [0.4, 0.5) is 5.69 Å². The maximum absolute atomic E-state index is 12.3. The van der Waals surface area contributed by atoms with Crippen molar-refractivity contribution in [3.05, 3.63) is 78.4 Å². The van der Waals surface area contributed by atoms with Crippen LogP contribution in [0.1, 0.15) is 19.4 Å². The first-order chi connectivity index (χ1) is 12.1. The lowest BCUT2D eigenvalue weighted by Crippen LogP contribution is -2.35. The summed E-state index contributed by atoms with van der Waals surface area (Å²) in [5.41, 5.74) is 5.29. The molecule has 0 heterocycles. The molecule has 0 aliphatic heterocycles. The summed E-state index contributed by atoms with van der Waals surface area (Å²) in [5.74, 6) is -0.177. The van der Waals surface area contributed by atoms with Crippen molar-refractivity contribution in [2.45, 2.75) is 19.9 Å². The average Bonchev–Trinajstić information content (AvgIpc) is 2.66. The van der Waals surface area contributed by atoms with Gasteiger partial charge in [0, 0.05) is 5.69 Å². The summed E-state index contributed by atoms with van der Waals surface area (Å²) >= 11 is 0. The van der Waals surface area contributed by atoms with E-state index in [-0.39, 0.29) is 5.91 Å². The monoisotopic (exact) mass is 331 g/mol. The lowest BCUT2D eigenvalue weighted by molar-refractivity contribution is -0.121. The van der Waals surface area contributed by atoms with Gasteiger partial charge >= 0.3 is 0 Å². The topological polar surface area (TPSA) is 53.5 Å². The number of hydrogen-bond donors (Lipinski definition) is 2. The predicted octanol–water partition coefficient (Wildman–Crippen LogP) is 4.18. The van der Waals surface area contributed by atoms with Crippen LogP contribution in [0.15, 0.2) is 77.9 Å². The van der Waals surface area contributed by atoms with Gasteiger partial charge in [-0.2, -0.15) is 5.10 Å². The van der Waals surface area contributed by atoms with E-state index in [1.165, 1.54) is 5.39 Å². The standard InChI is InChI=1S/C21H21N3O/c1-15(17-8-4-3-5-9-17)23-24-21(25)16(2)22-20-13-12-18-10-6-7-11-19(18)14-20/h3-14,16,22H,1-2H3,(H,24,25)/b23-15+/t16-/m1/s1. The predicted molar refractivity (Wildman–Crippen MR) is 104 cm³/mol. The van der Waals surface area contributed by atoms with Crippen LogP contribution in [0.25, 0.3) is 10.8 Å². The molecule has 1 atom stereocenters. The molecule has 0 saturated carbocycles. The van der Waals surface area contributed by atoms with Crippen LogP contribution in [0, 0.1) is 0 Å². The zero-order chi connectivity index (χ0) is 17.6. The third kappa shape index (κ3) is 4.23. The third-order valence-corrected chi connectivity index (χ3v) is 4.05. The lowest BCUT2D eigenvalue weighted by atomic mass is 10.1. The molecule has 4 heteroatoms. The normalized spacial score (nSPS) is 12.6. The molecule has 0 aliphatic rings. The number of carbonyl (C=O) groups excluding carboxylic acids is 1. The lowest BCUT2D eigenvalue weighted by Gasteiger charge is -2.14. The van der Waals surface area contributed by atoms with Crippen molar-refractivity contribution in [2.24, 2.45) is 5.10 Å². The molecule has 4 nitrogen and oxygen atoms in total. The van der Waals surface area contributed by atoms with Gasteiger partial charge in [-0.3, -0.25) is 4.79 Å². The maximum atomic E-state index is 12.3. The first-order valence-corrected chi connectivity index (χ1v) is 8.28. The molecule has 0 unspecified atom stereocenters. The molecule has 3 aromatic carbocycles. The number of hydrogen-bond acceptors (Lipinski definition) is 3. The van der Waals surface area contributed by atoms with Crippen LogP contribution in [-0.2, 0) is 4.79 Å². The SMILES string of the molecule is C/C(=N\NC(=O)[C@@H](C)Nc1ccc2ccccc2c1)c1ccccc1. The Balaban J connectivity index is 1.63. The van der Waals surface area contributed by atoms with Gasteiger partial charge < -0.3 is 5.32 Å². The van der Waals surface area contributed by atoms with Crippen LogP contribution >= 0.6 is 0 Å². The smallest absolute Gasteiger partial charge is 0.262 e. The van der Waals surface area contributed by atoms with Gasteiger partial charge in [0.15, 0.2) is 0 Å². The minimum absolute atomic E-state index is 0.177. The van der Waals surface area contributed by atoms with Gasteiger partial charge in [0.05, 0.1) is 5.71 Å². The van der Waals surface area contributed by atoms with E-state index < -0.39 is 6.04 Å². The number of carbonyl (C=O) groups is 1. The van der Waals surface area contributed by atoms with Crippen molar-refractivity contribution in [1.82, 2.24) is 5.43 Å². The zero-order valence-corrected chi connectivity index (χ0v) is 14.4. The van der Waals surface area contributed by atoms with E-state index in [9.17, 15) is 4.79 Å². The molecule has 3 rings (SSSR count). The van der Waals surface area contributed by atoms with Gasteiger partial charge in [0.1, 0.15) is 6.04 Å². The summed E-state index contributed by atoms with van der Waals surface area (Å²) < 4.78 is 0. The molecule has 0 bridgehead atoms. The second-order valence-corrected chi connectivity index (χ2v) is 5.97. The highest BCUT2D eigenvalue weighted by Crippen LogP contribution is 2.19. The van der Waals surface area contributed by atoms with Gasteiger partial charge in [-0.1, -0.05) is 60.7 Å². The van der Waals surface area contributed by atoms with E-state index in [1.54, 1.807) is 0 Å². The number of amides is 1. The van der Waals surface area contributed by atoms with Gasteiger partial charge in [0.2, 0.25) is 0 Å². The molecule has 0 radical (unpaired) electrons. The number of hydrazone groups is 1. The molecule has 3 aromatic rings. The van der Waals surface area contributed by atoms with E-state index in [4.69, 9.17) is 0 Å². The molecule has 1 amide bonds. The summed E-state index contributed by atoms with van der Waals surface area (Å²) in [4.78, 5) is 12.3. The van der Waals surface area contributed by atoms with Crippen molar-refractivity contribution >= 4 is 28.1 Å². The molecule has 25 heavy (non-hydrogen) atoms. The minimum Gasteiger partial charge on any atom is -0.374 e. The average molecular weight is 331 g/mol. The summed E-state index contributed by atoms with van der Waals surface area (Å²) in [6, 6.07) is 23.6. The fourth-order valence-electron chi connectivity index (χ4n) is 2.57. The fraction of sp³-hybridized carbons (Fsp3) is 0.143. The van der Waals surface area contributed by atoms with Gasteiger partial charge in [0.25, 0.3) is 5.91 Å². The molecular formula is C21H21N3O. The van der Waals surface area contributed by atoms with Crippen LogP contribution in [-0.4, -0.2) is 17.7 Å². The third-order valence-electron chi connectivity index (χ3n) is 4.05. The minimum atomic E-state index is -0.395. The second-order valence-electron chi connectivity index (χ2n) is 5.97. The summed E-state index contributed by atoms with van der Waals surface area (Å²) in [6.45, 7) is 3.69. The molecule has 0 spiro atoms. The van der Waals surface area contributed by atoms with Crippen LogP contribution in [0.5, 0.6) is 0 Å². The Morgan fingerprint density at radius 1 is 0.920 bits per heavy atom. The van der Waals surface area contributed by atoms with Gasteiger partial charge in [-0.15, -0.1) is 0 Å². The van der Waals surface area contributed by atoms with Crippen molar-refractivity contribution in [3.63, 3.8) is 0 Å². The van der Waals surface area contributed by atoms with E-state index in [0.717, 1.165) is 22.3 Å². The number of nitrogens with one attached hydrogen (secondary N) is 2. The Kier molecular flexibility index (Phi) is 5.09. The van der Waals surface area contributed by atoms with Gasteiger partial charge in [-0.25, -0.2) is 5.43 Å². The van der Waals surface area contributed by atoms with Crippen LogP contribution in [0.3, 0.4) is 0 Å². The van der Waals surface area contributed by atoms with Crippen molar-refractivity contribution in [1.29, 1.82) is 0 Å².